The van der Waals surface area contributed by atoms with E-state index < -0.39 is 0 Å². The van der Waals surface area contributed by atoms with Gasteiger partial charge in [-0.25, -0.2) is 4.79 Å². The van der Waals surface area contributed by atoms with Gasteiger partial charge in [0.2, 0.25) is 0 Å². The van der Waals surface area contributed by atoms with E-state index in [1.54, 1.807) is 7.11 Å². The quantitative estimate of drug-likeness (QED) is 0.759. The van der Waals surface area contributed by atoms with Crippen molar-refractivity contribution in [3.8, 4) is 11.5 Å². The van der Waals surface area contributed by atoms with Gasteiger partial charge in [0.1, 0.15) is 11.5 Å². The molecule has 0 aliphatic heterocycles. The van der Waals surface area contributed by atoms with E-state index in [1.165, 1.54) is 38.5 Å². The normalized spacial score (nSPS) is 37.8. The lowest BCUT2D eigenvalue weighted by atomic mass is 9.53. The van der Waals surface area contributed by atoms with E-state index in [4.69, 9.17) is 9.47 Å². The van der Waals surface area contributed by atoms with Crippen LogP contribution in [0.1, 0.15) is 64.2 Å². The molecule has 2 N–H and O–H groups in total. The third-order valence-electron chi connectivity index (χ3n) is 7.79. The molecule has 1 aromatic rings. The first-order chi connectivity index (χ1) is 14.1. The number of nitrogens with one attached hydrogen (secondary N) is 2. The molecule has 1 aromatic carbocycles. The maximum atomic E-state index is 12.8. The monoisotopic (exact) mass is 398 g/mol. The van der Waals surface area contributed by atoms with Crippen LogP contribution in [0.25, 0.3) is 0 Å². The van der Waals surface area contributed by atoms with E-state index in [1.807, 2.05) is 24.3 Å². The van der Waals surface area contributed by atoms with Crippen LogP contribution in [0.4, 0.5) is 4.79 Å². The fourth-order valence-electron chi connectivity index (χ4n) is 6.90. The molecule has 6 rings (SSSR count). The summed E-state index contributed by atoms with van der Waals surface area (Å²) < 4.78 is 11.3. The number of amides is 2. The van der Waals surface area contributed by atoms with Crippen LogP contribution in [0.15, 0.2) is 24.3 Å². The molecule has 158 valence electrons. The molecule has 0 spiro atoms. The maximum absolute atomic E-state index is 12.8. The largest absolute Gasteiger partial charge is 0.497 e. The molecule has 5 fully saturated rings. The van der Waals surface area contributed by atoms with Gasteiger partial charge in [-0.05, 0) is 106 Å². The number of rotatable bonds is 5. The van der Waals surface area contributed by atoms with E-state index in [0.29, 0.717) is 0 Å². The van der Waals surface area contributed by atoms with Gasteiger partial charge < -0.3 is 20.1 Å². The first-order valence-electron chi connectivity index (χ1n) is 11.5. The van der Waals surface area contributed by atoms with Gasteiger partial charge in [0.15, 0.2) is 0 Å². The zero-order valence-electron chi connectivity index (χ0n) is 17.5. The molecular formula is C24H34N2O3. The number of hydrogen-bond donors (Lipinski definition) is 2. The van der Waals surface area contributed by atoms with Crippen molar-refractivity contribution in [3.05, 3.63) is 24.3 Å². The van der Waals surface area contributed by atoms with Crippen molar-refractivity contribution in [2.75, 3.05) is 7.11 Å². The average molecular weight is 399 g/mol. The van der Waals surface area contributed by atoms with Crippen molar-refractivity contribution >= 4 is 6.03 Å². The first-order valence-corrected chi connectivity index (χ1v) is 11.5. The van der Waals surface area contributed by atoms with Crippen LogP contribution < -0.4 is 20.1 Å². The summed E-state index contributed by atoms with van der Waals surface area (Å²) in [6, 6.07) is 8.10. The van der Waals surface area contributed by atoms with Crippen molar-refractivity contribution in [2.24, 2.45) is 17.8 Å². The predicted octanol–water partition coefficient (Wildman–Crippen LogP) is 4.65. The average Bonchev–Trinajstić information content (AvgIpc) is 2.68. The highest BCUT2D eigenvalue weighted by Crippen LogP contribution is 2.55. The summed E-state index contributed by atoms with van der Waals surface area (Å²) >= 11 is 0. The number of urea groups is 1. The highest BCUT2D eigenvalue weighted by atomic mass is 16.5. The van der Waals surface area contributed by atoms with Gasteiger partial charge in [0, 0.05) is 11.6 Å². The zero-order valence-corrected chi connectivity index (χ0v) is 17.5. The molecule has 5 saturated carbocycles. The highest BCUT2D eigenvalue weighted by Gasteiger charge is 2.51. The molecule has 5 aliphatic carbocycles. The second kappa shape index (κ2) is 7.73. The Labute approximate surface area is 173 Å². The van der Waals surface area contributed by atoms with Gasteiger partial charge in [0.05, 0.1) is 13.2 Å². The summed E-state index contributed by atoms with van der Waals surface area (Å²) in [4.78, 5) is 12.8. The number of hydrogen-bond acceptors (Lipinski definition) is 3. The molecule has 4 bridgehead atoms. The summed E-state index contributed by atoms with van der Waals surface area (Å²) in [6.07, 6.45) is 12.0. The summed E-state index contributed by atoms with van der Waals surface area (Å²) in [5, 5.41) is 6.71. The van der Waals surface area contributed by atoms with Crippen molar-refractivity contribution in [3.63, 3.8) is 0 Å². The minimum Gasteiger partial charge on any atom is -0.497 e. The Morgan fingerprint density at radius 1 is 0.897 bits per heavy atom. The van der Waals surface area contributed by atoms with Crippen molar-refractivity contribution in [1.82, 2.24) is 10.6 Å². The number of benzene rings is 1. The van der Waals surface area contributed by atoms with Crippen LogP contribution in [-0.4, -0.2) is 30.8 Å². The van der Waals surface area contributed by atoms with Crippen molar-refractivity contribution in [2.45, 2.75) is 81.9 Å². The van der Waals surface area contributed by atoms with E-state index in [0.717, 1.165) is 54.9 Å². The minimum absolute atomic E-state index is 0.0615. The molecule has 29 heavy (non-hydrogen) atoms. The number of methoxy groups -OCH3 is 1. The predicted molar refractivity (Wildman–Crippen MR) is 112 cm³/mol. The van der Waals surface area contributed by atoms with Crippen LogP contribution in [0.2, 0.25) is 0 Å². The van der Waals surface area contributed by atoms with E-state index in [9.17, 15) is 4.79 Å². The van der Waals surface area contributed by atoms with E-state index in [-0.39, 0.29) is 23.7 Å². The lowest BCUT2D eigenvalue weighted by Crippen LogP contribution is -2.62. The molecule has 2 amide bonds. The van der Waals surface area contributed by atoms with Gasteiger partial charge in [-0.2, -0.15) is 0 Å². The second-order valence-electron chi connectivity index (χ2n) is 10.1. The molecule has 0 unspecified atom stereocenters. The molecule has 5 nitrogen and oxygen atoms in total. The van der Waals surface area contributed by atoms with E-state index >= 15 is 0 Å². The Morgan fingerprint density at radius 3 is 2.00 bits per heavy atom. The van der Waals surface area contributed by atoms with Crippen LogP contribution in [0.5, 0.6) is 11.5 Å². The summed E-state index contributed by atoms with van der Waals surface area (Å²) in [6.45, 7) is 0. The Hall–Kier alpha value is -1.91. The Kier molecular flexibility index (Phi) is 5.09. The van der Waals surface area contributed by atoms with Crippen molar-refractivity contribution in [1.29, 1.82) is 0 Å². The Balaban J connectivity index is 1.08. The van der Waals surface area contributed by atoms with Crippen LogP contribution >= 0.6 is 0 Å². The Morgan fingerprint density at radius 2 is 1.45 bits per heavy atom. The molecule has 0 aromatic heterocycles. The van der Waals surface area contributed by atoms with Gasteiger partial charge in [-0.3, -0.25) is 0 Å². The van der Waals surface area contributed by atoms with Gasteiger partial charge in [0.25, 0.3) is 0 Å². The summed E-state index contributed by atoms with van der Waals surface area (Å²) in [5.74, 6) is 4.29. The molecule has 0 heterocycles. The fraction of sp³-hybridized carbons (Fsp3) is 0.708. The highest BCUT2D eigenvalue weighted by molar-refractivity contribution is 5.75. The zero-order chi connectivity index (χ0) is 19.8. The van der Waals surface area contributed by atoms with Gasteiger partial charge >= 0.3 is 6.03 Å². The van der Waals surface area contributed by atoms with E-state index in [2.05, 4.69) is 10.6 Å². The molecular weight excluding hydrogens is 364 g/mol. The smallest absolute Gasteiger partial charge is 0.315 e. The van der Waals surface area contributed by atoms with Crippen LogP contribution in [0.3, 0.4) is 0 Å². The molecule has 0 saturated heterocycles. The second-order valence-corrected chi connectivity index (χ2v) is 10.1. The first kappa shape index (κ1) is 19.1. The molecule has 0 atom stereocenters. The molecule has 5 aliphatic rings. The summed E-state index contributed by atoms with van der Waals surface area (Å²) in [5.41, 5.74) is 0.0908. The minimum atomic E-state index is 0.0615. The standard InChI is InChI=1S/C24H34N2O3/c1-28-20-6-8-22(9-7-20)29-21-4-2-19(3-5-21)25-23(27)26-24-13-16-10-17(14-24)12-18(11-16)15-24/h6-9,16-19,21H,2-5,10-15H2,1H3,(H2,25,26,27)/t16?,17?,18?,19-,21-,24?. The lowest BCUT2D eigenvalue weighted by Gasteiger charge is -2.56. The van der Waals surface area contributed by atoms with Gasteiger partial charge in [-0.1, -0.05) is 0 Å². The molecule has 0 radical (unpaired) electrons. The number of carbonyl (C=O) groups excluding carboxylic acids is 1. The van der Waals surface area contributed by atoms with Crippen LogP contribution in [0, 0.1) is 17.8 Å². The lowest BCUT2D eigenvalue weighted by molar-refractivity contribution is -0.0138. The Bertz CT molecular complexity index is 689. The van der Waals surface area contributed by atoms with Crippen LogP contribution in [-0.2, 0) is 0 Å². The third kappa shape index (κ3) is 4.19. The molecule has 5 heteroatoms. The number of carbonyl (C=O) groups is 1. The topological polar surface area (TPSA) is 59.6 Å². The summed E-state index contributed by atoms with van der Waals surface area (Å²) in [7, 11) is 1.67. The maximum Gasteiger partial charge on any atom is 0.315 e. The van der Waals surface area contributed by atoms with Gasteiger partial charge in [-0.15, -0.1) is 0 Å². The SMILES string of the molecule is COc1ccc(O[C@H]2CC[C@H](NC(=O)NC34CC5CC(CC(C5)C3)C4)CC2)cc1. The van der Waals surface area contributed by atoms with Crippen molar-refractivity contribution < 1.29 is 14.3 Å². The third-order valence-corrected chi connectivity index (χ3v) is 7.79. The number of ether oxygens (including phenoxy) is 2. The fourth-order valence-corrected chi connectivity index (χ4v) is 6.90.